The van der Waals surface area contributed by atoms with Gasteiger partial charge in [-0.1, -0.05) is 0 Å². The van der Waals surface area contributed by atoms with Crippen molar-refractivity contribution in [2.24, 2.45) is 5.41 Å². The second-order valence-corrected chi connectivity index (χ2v) is 4.63. The minimum atomic E-state index is -0.0290. The second-order valence-electron chi connectivity index (χ2n) is 3.70. The lowest BCUT2D eigenvalue weighted by Crippen LogP contribution is -2.24. The normalized spacial score (nSPS) is 17.8. The molecular formula is C10H12N2S. The van der Waals surface area contributed by atoms with Gasteiger partial charge >= 0.3 is 0 Å². The Morgan fingerprint density at radius 2 is 2.46 bits per heavy atom. The molecule has 0 aliphatic heterocycles. The zero-order valence-electron chi connectivity index (χ0n) is 7.66. The Balaban J connectivity index is 2.00. The molecule has 2 rings (SSSR count). The molecule has 0 aromatic carbocycles. The fraction of sp³-hybridized carbons (Fsp3) is 0.500. The van der Waals surface area contributed by atoms with E-state index in [0.29, 0.717) is 0 Å². The highest BCUT2D eigenvalue weighted by Gasteiger charge is 2.44. The quantitative estimate of drug-likeness (QED) is 0.735. The fourth-order valence-electron chi connectivity index (χ4n) is 1.48. The molecule has 3 heteroatoms. The topological polar surface area (TPSA) is 27.0 Å². The Labute approximate surface area is 82.4 Å². The minimum Gasteiger partial charge on any atom is -0.365 e. The third-order valence-electron chi connectivity index (χ3n) is 2.51. The number of nitriles is 1. The van der Waals surface area contributed by atoms with Crippen molar-refractivity contribution in [1.29, 1.82) is 5.26 Å². The standard InChI is InChI=1S/C10H12N2S/c1-12(9-3-2-6-13-9)8-10(7-11)4-5-10/h2-3,6H,4-5,8H2,1H3. The van der Waals surface area contributed by atoms with Crippen LogP contribution in [0.25, 0.3) is 0 Å². The molecule has 1 aliphatic carbocycles. The van der Waals surface area contributed by atoms with Crippen molar-refractivity contribution in [1.82, 2.24) is 0 Å². The van der Waals surface area contributed by atoms with Crippen LogP contribution < -0.4 is 4.90 Å². The predicted molar refractivity (Wildman–Crippen MR) is 54.9 cm³/mol. The van der Waals surface area contributed by atoms with Gasteiger partial charge < -0.3 is 4.90 Å². The van der Waals surface area contributed by atoms with E-state index < -0.39 is 0 Å². The molecule has 0 unspecified atom stereocenters. The van der Waals surface area contributed by atoms with Crippen molar-refractivity contribution >= 4 is 16.3 Å². The first-order chi connectivity index (χ1) is 6.26. The van der Waals surface area contributed by atoms with Gasteiger partial charge in [-0.2, -0.15) is 5.26 Å². The Hall–Kier alpha value is -1.01. The van der Waals surface area contributed by atoms with Crippen LogP contribution in [-0.4, -0.2) is 13.6 Å². The highest BCUT2D eigenvalue weighted by molar-refractivity contribution is 7.14. The zero-order valence-corrected chi connectivity index (χ0v) is 8.47. The third kappa shape index (κ3) is 1.68. The zero-order chi connectivity index (χ0) is 9.31. The van der Waals surface area contributed by atoms with E-state index in [4.69, 9.17) is 5.26 Å². The molecule has 1 aromatic heterocycles. The molecule has 0 radical (unpaired) electrons. The first-order valence-electron chi connectivity index (χ1n) is 4.42. The Morgan fingerprint density at radius 1 is 1.69 bits per heavy atom. The van der Waals surface area contributed by atoms with Gasteiger partial charge in [0.2, 0.25) is 0 Å². The predicted octanol–water partition coefficient (Wildman–Crippen LogP) is 2.49. The summed E-state index contributed by atoms with van der Waals surface area (Å²) in [5, 5.41) is 12.2. The Kier molecular flexibility index (Phi) is 2.01. The number of hydrogen-bond donors (Lipinski definition) is 0. The molecule has 0 spiro atoms. The van der Waals surface area contributed by atoms with Gasteiger partial charge in [-0.25, -0.2) is 0 Å². The van der Waals surface area contributed by atoms with Crippen LogP contribution in [0.15, 0.2) is 17.5 Å². The lowest BCUT2D eigenvalue weighted by atomic mass is 10.1. The van der Waals surface area contributed by atoms with Crippen molar-refractivity contribution in [3.8, 4) is 6.07 Å². The van der Waals surface area contributed by atoms with Crippen molar-refractivity contribution in [3.05, 3.63) is 17.5 Å². The van der Waals surface area contributed by atoms with Gasteiger partial charge in [-0.15, -0.1) is 11.3 Å². The number of rotatable bonds is 3. The molecule has 68 valence electrons. The van der Waals surface area contributed by atoms with E-state index in [-0.39, 0.29) is 5.41 Å². The summed E-state index contributed by atoms with van der Waals surface area (Å²) >= 11 is 1.73. The molecule has 1 fully saturated rings. The van der Waals surface area contributed by atoms with E-state index in [2.05, 4.69) is 29.5 Å². The Bertz CT molecular complexity index is 319. The summed E-state index contributed by atoms with van der Waals surface area (Å²) in [5.74, 6) is 0. The van der Waals surface area contributed by atoms with Gasteiger partial charge in [0.25, 0.3) is 0 Å². The highest BCUT2D eigenvalue weighted by atomic mass is 32.1. The maximum absolute atomic E-state index is 8.93. The van der Waals surface area contributed by atoms with Gasteiger partial charge in [-0.3, -0.25) is 0 Å². The van der Waals surface area contributed by atoms with E-state index in [0.717, 1.165) is 19.4 Å². The van der Waals surface area contributed by atoms with Crippen molar-refractivity contribution in [3.63, 3.8) is 0 Å². The molecule has 0 saturated heterocycles. The Morgan fingerprint density at radius 3 is 2.92 bits per heavy atom. The van der Waals surface area contributed by atoms with Crippen LogP contribution in [0.3, 0.4) is 0 Å². The summed E-state index contributed by atoms with van der Waals surface area (Å²) in [5.41, 5.74) is -0.0290. The number of hydrogen-bond acceptors (Lipinski definition) is 3. The molecule has 2 nitrogen and oxygen atoms in total. The van der Waals surface area contributed by atoms with Gasteiger partial charge in [0.05, 0.1) is 16.5 Å². The number of thiophene rings is 1. The maximum Gasteiger partial charge on any atom is 0.0906 e. The molecular weight excluding hydrogens is 180 g/mol. The smallest absolute Gasteiger partial charge is 0.0906 e. The summed E-state index contributed by atoms with van der Waals surface area (Å²) < 4.78 is 0. The largest absolute Gasteiger partial charge is 0.365 e. The van der Waals surface area contributed by atoms with E-state index in [9.17, 15) is 0 Å². The van der Waals surface area contributed by atoms with Crippen molar-refractivity contribution in [2.45, 2.75) is 12.8 Å². The van der Waals surface area contributed by atoms with E-state index in [1.54, 1.807) is 11.3 Å². The molecule has 0 atom stereocenters. The van der Waals surface area contributed by atoms with Gasteiger partial charge in [-0.05, 0) is 30.4 Å². The van der Waals surface area contributed by atoms with Crippen LogP contribution in [0.2, 0.25) is 0 Å². The fourth-order valence-corrected chi connectivity index (χ4v) is 2.17. The molecule has 1 aliphatic rings. The summed E-state index contributed by atoms with van der Waals surface area (Å²) in [6, 6.07) is 6.55. The van der Waals surface area contributed by atoms with Crippen LogP contribution in [0.5, 0.6) is 0 Å². The van der Waals surface area contributed by atoms with Crippen LogP contribution in [0.4, 0.5) is 5.00 Å². The molecule has 1 aromatic rings. The minimum absolute atomic E-state index is 0.0290. The average Bonchev–Trinajstić information content (AvgIpc) is 2.69. The average molecular weight is 192 g/mol. The monoisotopic (exact) mass is 192 g/mol. The number of nitrogens with zero attached hydrogens (tertiary/aromatic N) is 2. The van der Waals surface area contributed by atoms with Gasteiger partial charge in [0.15, 0.2) is 0 Å². The molecule has 13 heavy (non-hydrogen) atoms. The SMILES string of the molecule is CN(CC1(C#N)CC1)c1cccs1. The first kappa shape index (κ1) is 8.58. The van der Waals surface area contributed by atoms with Crippen LogP contribution >= 0.6 is 11.3 Å². The molecule has 0 bridgehead atoms. The molecule has 1 heterocycles. The molecule has 0 N–H and O–H groups in total. The third-order valence-corrected chi connectivity index (χ3v) is 3.50. The van der Waals surface area contributed by atoms with Crippen molar-refractivity contribution in [2.75, 3.05) is 18.5 Å². The second kappa shape index (κ2) is 3.04. The molecule has 1 saturated carbocycles. The van der Waals surface area contributed by atoms with Crippen molar-refractivity contribution < 1.29 is 0 Å². The highest BCUT2D eigenvalue weighted by Crippen LogP contribution is 2.46. The van der Waals surface area contributed by atoms with Crippen LogP contribution in [-0.2, 0) is 0 Å². The maximum atomic E-state index is 8.93. The molecule has 0 amide bonds. The summed E-state index contributed by atoms with van der Waals surface area (Å²) in [7, 11) is 2.06. The van der Waals surface area contributed by atoms with Gasteiger partial charge in [0.1, 0.15) is 0 Å². The van der Waals surface area contributed by atoms with Crippen LogP contribution in [0.1, 0.15) is 12.8 Å². The van der Waals surface area contributed by atoms with E-state index in [1.807, 2.05) is 6.07 Å². The summed E-state index contributed by atoms with van der Waals surface area (Å²) in [6.07, 6.45) is 2.14. The summed E-state index contributed by atoms with van der Waals surface area (Å²) in [4.78, 5) is 2.18. The van der Waals surface area contributed by atoms with Gasteiger partial charge in [0, 0.05) is 13.6 Å². The lowest BCUT2D eigenvalue weighted by molar-refractivity contribution is 0.656. The lowest BCUT2D eigenvalue weighted by Gasteiger charge is -2.19. The summed E-state index contributed by atoms with van der Waals surface area (Å²) in [6.45, 7) is 0.879. The first-order valence-corrected chi connectivity index (χ1v) is 5.30. The van der Waals surface area contributed by atoms with E-state index in [1.165, 1.54) is 5.00 Å². The van der Waals surface area contributed by atoms with Crippen LogP contribution in [0, 0.1) is 16.7 Å². The number of anilines is 1. The van der Waals surface area contributed by atoms with E-state index >= 15 is 0 Å².